The maximum absolute atomic E-state index is 9.96. The van der Waals surface area contributed by atoms with E-state index < -0.39 is 12.6 Å². The Labute approximate surface area is 181 Å². The molecular weight excluding hydrogens is 392 g/mol. The van der Waals surface area contributed by atoms with Crippen molar-refractivity contribution >= 4 is 21.5 Å². The fourth-order valence-corrected chi connectivity index (χ4v) is 3.79. The first kappa shape index (κ1) is 21.1. The molecule has 4 aromatic rings. The summed E-state index contributed by atoms with van der Waals surface area (Å²) in [5.74, 6) is 1.26. The van der Waals surface area contributed by atoms with Gasteiger partial charge in [-0.25, -0.2) is 0 Å². The van der Waals surface area contributed by atoms with Gasteiger partial charge in [-0.2, -0.15) is 0 Å². The van der Waals surface area contributed by atoms with E-state index in [9.17, 15) is 10.2 Å². The Kier molecular flexibility index (Phi) is 6.37. The number of hydrogen-bond acceptors (Lipinski definition) is 5. The molecule has 0 aliphatic rings. The molecule has 31 heavy (non-hydrogen) atoms. The minimum absolute atomic E-state index is 0.260. The monoisotopic (exact) mass is 418 g/mol. The van der Waals surface area contributed by atoms with Crippen LogP contribution in [-0.2, 0) is 4.74 Å². The quantitative estimate of drug-likeness (QED) is 0.307. The highest BCUT2D eigenvalue weighted by atomic mass is 16.6. The second-order valence-corrected chi connectivity index (χ2v) is 7.36. The van der Waals surface area contributed by atoms with Crippen LogP contribution in [0.2, 0.25) is 0 Å². The topological polar surface area (TPSA) is 68.2 Å². The molecule has 0 aliphatic heterocycles. The second kappa shape index (κ2) is 9.35. The van der Waals surface area contributed by atoms with Crippen molar-refractivity contribution in [3.8, 4) is 22.6 Å². The number of benzene rings is 4. The van der Waals surface area contributed by atoms with Gasteiger partial charge in [0.2, 0.25) is 0 Å². The molecular formula is C26H26O5. The van der Waals surface area contributed by atoms with Crippen molar-refractivity contribution < 1.29 is 24.4 Å². The normalized spacial score (nSPS) is 13.3. The van der Waals surface area contributed by atoms with Gasteiger partial charge < -0.3 is 24.4 Å². The van der Waals surface area contributed by atoms with Gasteiger partial charge in [0.1, 0.15) is 18.1 Å². The summed E-state index contributed by atoms with van der Waals surface area (Å²) < 4.78 is 17.1. The summed E-state index contributed by atoms with van der Waals surface area (Å²) in [7, 11) is 0. The maximum atomic E-state index is 9.96. The van der Waals surface area contributed by atoms with Crippen molar-refractivity contribution in [3.05, 3.63) is 72.8 Å². The number of aliphatic hydroxyl groups excluding tert-OH is 2. The van der Waals surface area contributed by atoms with Gasteiger partial charge in [-0.05, 0) is 47.5 Å². The smallest absolute Gasteiger partial charge is 0.194 e. The SMILES string of the molecule is CC(O)OCCOc1ccc2ccccc2c1-c1c(OC(C)O)ccc2ccccc12. The number of hydrogen-bond donors (Lipinski definition) is 2. The summed E-state index contributed by atoms with van der Waals surface area (Å²) >= 11 is 0. The Hall–Kier alpha value is -3.12. The van der Waals surface area contributed by atoms with Crippen molar-refractivity contribution in [1.82, 2.24) is 0 Å². The molecule has 4 rings (SSSR count). The van der Waals surface area contributed by atoms with Crippen molar-refractivity contribution in [2.45, 2.75) is 26.4 Å². The number of fused-ring (bicyclic) bond motifs is 2. The van der Waals surface area contributed by atoms with Gasteiger partial charge in [-0.3, -0.25) is 0 Å². The highest BCUT2D eigenvalue weighted by molar-refractivity contribution is 6.09. The summed E-state index contributed by atoms with van der Waals surface area (Å²) in [5.41, 5.74) is 1.75. The van der Waals surface area contributed by atoms with Crippen LogP contribution in [0.4, 0.5) is 0 Å². The second-order valence-electron chi connectivity index (χ2n) is 7.36. The molecule has 0 aromatic heterocycles. The van der Waals surface area contributed by atoms with E-state index in [2.05, 4.69) is 12.1 Å². The van der Waals surface area contributed by atoms with E-state index in [1.54, 1.807) is 13.8 Å². The molecule has 160 valence electrons. The van der Waals surface area contributed by atoms with Gasteiger partial charge in [0.15, 0.2) is 12.6 Å². The third-order valence-electron chi connectivity index (χ3n) is 5.03. The lowest BCUT2D eigenvalue weighted by atomic mass is 9.92. The predicted octanol–water partition coefficient (Wildman–Crippen LogP) is 5.11. The van der Waals surface area contributed by atoms with Crippen LogP contribution in [0.15, 0.2) is 72.8 Å². The van der Waals surface area contributed by atoms with E-state index in [1.807, 2.05) is 60.7 Å². The van der Waals surface area contributed by atoms with Crippen LogP contribution in [0, 0.1) is 0 Å². The third-order valence-corrected chi connectivity index (χ3v) is 5.03. The fourth-order valence-electron chi connectivity index (χ4n) is 3.79. The molecule has 4 aromatic carbocycles. The van der Waals surface area contributed by atoms with Crippen LogP contribution < -0.4 is 9.47 Å². The summed E-state index contributed by atoms with van der Waals surface area (Å²) in [6.07, 6.45) is -1.80. The molecule has 2 atom stereocenters. The standard InChI is InChI=1S/C26H26O5/c1-17(27)29-15-16-30-23-13-11-19-7-3-5-9-21(19)25(23)26-22-10-6-4-8-20(22)12-14-24(26)31-18(2)28/h3-14,17-18,27-28H,15-16H2,1-2H3. The molecule has 0 saturated heterocycles. The maximum Gasteiger partial charge on any atom is 0.194 e. The van der Waals surface area contributed by atoms with E-state index in [-0.39, 0.29) is 13.2 Å². The lowest BCUT2D eigenvalue weighted by Crippen LogP contribution is -2.14. The fraction of sp³-hybridized carbons (Fsp3) is 0.231. The highest BCUT2D eigenvalue weighted by Crippen LogP contribution is 2.45. The van der Waals surface area contributed by atoms with Gasteiger partial charge in [0, 0.05) is 11.1 Å². The molecule has 0 saturated carbocycles. The Bertz CT molecular complexity index is 1180. The third kappa shape index (κ3) is 4.64. The van der Waals surface area contributed by atoms with Crippen molar-refractivity contribution in [2.75, 3.05) is 13.2 Å². The molecule has 0 spiro atoms. The number of ether oxygens (including phenoxy) is 3. The van der Waals surface area contributed by atoms with Crippen LogP contribution in [0.3, 0.4) is 0 Å². The van der Waals surface area contributed by atoms with Gasteiger partial charge >= 0.3 is 0 Å². The van der Waals surface area contributed by atoms with E-state index in [4.69, 9.17) is 14.2 Å². The predicted molar refractivity (Wildman–Crippen MR) is 122 cm³/mol. The van der Waals surface area contributed by atoms with E-state index >= 15 is 0 Å². The molecule has 0 amide bonds. The van der Waals surface area contributed by atoms with Crippen LogP contribution in [0.1, 0.15) is 13.8 Å². The van der Waals surface area contributed by atoms with E-state index in [0.717, 1.165) is 32.7 Å². The molecule has 0 aliphatic carbocycles. The van der Waals surface area contributed by atoms with E-state index in [1.165, 1.54) is 0 Å². The Morgan fingerprint density at radius 2 is 1.19 bits per heavy atom. The van der Waals surface area contributed by atoms with Crippen molar-refractivity contribution in [2.24, 2.45) is 0 Å². The highest BCUT2D eigenvalue weighted by Gasteiger charge is 2.19. The molecule has 5 heteroatoms. The average molecular weight is 418 g/mol. The Morgan fingerprint density at radius 1 is 0.645 bits per heavy atom. The summed E-state index contributed by atoms with van der Waals surface area (Å²) in [6, 6.07) is 24.0. The minimum Gasteiger partial charge on any atom is -0.491 e. The Morgan fingerprint density at radius 3 is 1.77 bits per heavy atom. The van der Waals surface area contributed by atoms with Crippen LogP contribution >= 0.6 is 0 Å². The zero-order valence-corrected chi connectivity index (χ0v) is 17.6. The lowest BCUT2D eigenvalue weighted by Gasteiger charge is -2.20. The number of rotatable bonds is 8. The lowest BCUT2D eigenvalue weighted by molar-refractivity contribution is -0.0913. The largest absolute Gasteiger partial charge is 0.491 e. The minimum atomic E-state index is -0.960. The summed E-state index contributed by atoms with van der Waals surface area (Å²) in [5, 5.41) is 23.5. The first-order chi connectivity index (χ1) is 15.0. The number of aliphatic hydroxyl groups is 2. The molecule has 0 heterocycles. The van der Waals surface area contributed by atoms with Crippen LogP contribution in [-0.4, -0.2) is 36.0 Å². The zero-order chi connectivity index (χ0) is 21.8. The van der Waals surface area contributed by atoms with Crippen LogP contribution in [0.5, 0.6) is 11.5 Å². The van der Waals surface area contributed by atoms with Gasteiger partial charge in [0.25, 0.3) is 0 Å². The molecule has 2 unspecified atom stereocenters. The molecule has 0 bridgehead atoms. The van der Waals surface area contributed by atoms with Gasteiger partial charge in [-0.1, -0.05) is 60.7 Å². The van der Waals surface area contributed by atoms with E-state index in [0.29, 0.717) is 11.5 Å². The molecule has 2 N–H and O–H groups in total. The summed E-state index contributed by atoms with van der Waals surface area (Å²) in [6.45, 7) is 3.70. The molecule has 0 radical (unpaired) electrons. The first-order valence-electron chi connectivity index (χ1n) is 10.4. The first-order valence-corrected chi connectivity index (χ1v) is 10.4. The summed E-state index contributed by atoms with van der Waals surface area (Å²) in [4.78, 5) is 0. The Balaban J connectivity index is 1.93. The average Bonchev–Trinajstić information content (AvgIpc) is 2.76. The van der Waals surface area contributed by atoms with Gasteiger partial charge in [0.05, 0.1) is 6.61 Å². The molecule has 5 nitrogen and oxygen atoms in total. The van der Waals surface area contributed by atoms with Gasteiger partial charge in [-0.15, -0.1) is 0 Å². The van der Waals surface area contributed by atoms with Crippen molar-refractivity contribution in [3.63, 3.8) is 0 Å². The zero-order valence-electron chi connectivity index (χ0n) is 17.6. The van der Waals surface area contributed by atoms with Crippen molar-refractivity contribution in [1.29, 1.82) is 0 Å². The molecule has 0 fully saturated rings. The van der Waals surface area contributed by atoms with Crippen LogP contribution in [0.25, 0.3) is 32.7 Å².